The van der Waals surface area contributed by atoms with Crippen LogP contribution in [0, 0.1) is 0 Å². The van der Waals surface area contributed by atoms with Gasteiger partial charge in [-0.15, -0.1) is 0 Å². The van der Waals surface area contributed by atoms with Gasteiger partial charge in [-0.2, -0.15) is 0 Å². The molecule has 3 rings (SSSR count). The van der Waals surface area contributed by atoms with Gasteiger partial charge in [-0.05, 0) is 29.7 Å². The smallest absolute Gasteiger partial charge is 0.331 e. The Bertz CT molecular complexity index is 1020. The fraction of sp³-hybridized carbons (Fsp3) is 0.0769. The third-order valence-corrected chi connectivity index (χ3v) is 4.32. The number of rotatable bonds is 7. The fourth-order valence-electron chi connectivity index (χ4n) is 2.96. The first-order valence-corrected chi connectivity index (χ1v) is 9.49. The molecule has 3 nitrogen and oxygen atoms in total. The molecule has 0 aliphatic carbocycles. The third-order valence-electron chi connectivity index (χ3n) is 4.32. The van der Waals surface area contributed by atoms with Gasteiger partial charge >= 0.3 is 5.97 Å². The Labute approximate surface area is 171 Å². The topological polar surface area (TPSA) is 43.4 Å². The molecule has 3 aromatic carbocycles. The first-order valence-electron chi connectivity index (χ1n) is 9.49. The lowest BCUT2D eigenvalue weighted by atomic mass is 9.91. The van der Waals surface area contributed by atoms with Gasteiger partial charge in [0.15, 0.2) is 5.78 Å². The molecule has 0 heterocycles. The molecule has 3 aromatic rings. The average Bonchev–Trinajstić information content (AvgIpc) is 2.77. The van der Waals surface area contributed by atoms with Gasteiger partial charge in [-0.1, -0.05) is 91.0 Å². The van der Waals surface area contributed by atoms with Crippen LogP contribution < -0.4 is 0 Å². The normalized spacial score (nSPS) is 11.8. The van der Waals surface area contributed by atoms with Crippen molar-refractivity contribution >= 4 is 29.0 Å². The van der Waals surface area contributed by atoms with Crippen LogP contribution in [0.25, 0.3) is 17.2 Å². The first kappa shape index (κ1) is 20.0. The number of ether oxygens (including phenoxy) is 1. The molecule has 0 bridgehead atoms. The molecule has 144 valence electrons. The molecular formula is C26H22O3. The zero-order chi connectivity index (χ0) is 20.5. The number of allylic oxidation sites excluding steroid dienone is 2. The van der Waals surface area contributed by atoms with E-state index in [0.717, 1.165) is 11.1 Å². The number of hydrogen-bond donors (Lipinski definition) is 0. The van der Waals surface area contributed by atoms with Crippen molar-refractivity contribution in [1.82, 2.24) is 0 Å². The van der Waals surface area contributed by atoms with Gasteiger partial charge in [-0.3, -0.25) is 4.79 Å². The summed E-state index contributed by atoms with van der Waals surface area (Å²) in [7, 11) is 0. The Balaban J connectivity index is 2.13. The summed E-state index contributed by atoms with van der Waals surface area (Å²) in [5.41, 5.74) is 3.17. The number of carbonyl (C=O) groups is 2. The second kappa shape index (κ2) is 10.00. The Morgan fingerprint density at radius 1 is 0.724 bits per heavy atom. The van der Waals surface area contributed by atoms with Crippen LogP contribution in [0.15, 0.2) is 97.1 Å². The highest BCUT2D eigenvalue weighted by atomic mass is 16.5. The average molecular weight is 382 g/mol. The zero-order valence-corrected chi connectivity index (χ0v) is 16.2. The molecule has 0 radical (unpaired) electrons. The van der Waals surface area contributed by atoms with E-state index in [1.807, 2.05) is 97.1 Å². The van der Waals surface area contributed by atoms with Crippen molar-refractivity contribution in [3.05, 3.63) is 114 Å². The number of benzene rings is 3. The van der Waals surface area contributed by atoms with Crippen molar-refractivity contribution in [2.24, 2.45) is 0 Å². The second-order valence-electron chi connectivity index (χ2n) is 6.34. The predicted octanol–water partition coefficient (Wildman–Crippen LogP) is 5.44. The maximum Gasteiger partial charge on any atom is 0.331 e. The Morgan fingerprint density at radius 2 is 1.21 bits per heavy atom. The summed E-state index contributed by atoms with van der Waals surface area (Å²) >= 11 is 0. The number of Topliss-reactive ketones (excluding diaryl/α,β-unsaturated/α-hetero) is 1. The monoisotopic (exact) mass is 382 g/mol. The molecule has 0 amide bonds. The minimum atomic E-state index is -0.535. The quantitative estimate of drug-likeness (QED) is 0.310. The highest BCUT2D eigenvalue weighted by Crippen LogP contribution is 2.27. The predicted molar refractivity (Wildman–Crippen MR) is 117 cm³/mol. The van der Waals surface area contributed by atoms with Crippen LogP contribution >= 0.6 is 0 Å². The molecule has 3 heteroatoms. The maximum absolute atomic E-state index is 13.6. The lowest BCUT2D eigenvalue weighted by molar-refractivity contribution is -0.137. The second-order valence-corrected chi connectivity index (χ2v) is 6.34. The van der Waals surface area contributed by atoms with Crippen molar-refractivity contribution in [3.63, 3.8) is 0 Å². The number of carbonyl (C=O) groups excluding carboxylic acids is 2. The van der Waals surface area contributed by atoms with E-state index in [9.17, 15) is 9.59 Å². The molecule has 0 N–H and O–H groups in total. The fourth-order valence-corrected chi connectivity index (χ4v) is 2.96. The highest BCUT2D eigenvalue weighted by molar-refractivity contribution is 6.45. The van der Waals surface area contributed by atoms with Crippen LogP contribution in [0.5, 0.6) is 0 Å². The zero-order valence-electron chi connectivity index (χ0n) is 16.2. The number of hydrogen-bond acceptors (Lipinski definition) is 3. The standard InChI is InChI=1S/C26H22O3/c1-2-29-25(27)19-24(22-16-10-5-11-17-22)26(28)23(21-14-8-4-9-15-21)18-20-12-6-3-7-13-20/h3-19H,2H2,1H3/b23-18+,24-19+. The van der Waals surface area contributed by atoms with Crippen LogP contribution in [-0.4, -0.2) is 18.4 Å². The Hall–Kier alpha value is -3.72. The van der Waals surface area contributed by atoms with Crippen molar-refractivity contribution < 1.29 is 14.3 Å². The lowest BCUT2D eigenvalue weighted by Crippen LogP contribution is -2.09. The van der Waals surface area contributed by atoms with Crippen molar-refractivity contribution in [2.75, 3.05) is 6.61 Å². The molecular weight excluding hydrogens is 360 g/mol. The third kappa shape index (κ3) is 5.39. The van der Waals surface area contributed by atoms with E-state index in [2.05, 4.69) is 0 Å². The molecule has 0 unspecified atom stereocenters. The number of esters is 1. The van der Waals surface area contributed by atoms with E-state index in [4.69, 9.17) is 4.74 Å². The summed E-state index contributed by atoms with van der Waals surface area (Å²) < 4.78 is 5.06. The molecule has 0 fully saturated rings. The summed E-state index contributed by atoms with van der Waals surface area (Å²) in [6.45, 7) is 1.98. The van der Waals surface area contributed by atoms with Crippen LogP contribution in [0.2, 0.25) is 0 Å². The summed E-state index contributed by atoms with van der Waals surface area (Å²) in [5, 5.41) is 0. The number of ketones is 1. The van der Waals surface area contributed by atoms with E-state index in [1.165, 1.54) is 6.08 Å². The summed E-state index contributed by atoms with van der Waals surface area (Å²) in [4.78, 5) is 25.8. The van der Waals surface area contributed by atoms with Gasteiger partial charge in [0, 0.05) is 17.2 Å². The molecule has 0 aliphatic rings. The van der Waals surface area contributed by atoms with Crippen LogP contribution in [0.3, 0.4) is 0 Å². The SMILES string of the molecule is CCOC(=O)/C=C(/C(=O)/C(=C/c1ccccc1)c1ccccc1)c1ccccc1. The van der Waals surface area contributed by atoms with E-state index >= 15 is 0 Å². The van der Waals surface area contributed by atoms with Gasteiger partial charge in [0.05, 0.1) is 6.61 Å². The maximum atomic E-state index is 13.6. The lowest BCUT2D eigenvalue weighted by Gasteiger charge is -2.12. The van der Waals surface area contributed by atoms with Gasteiger partial charge in [0.25, 0.3) is 0 Å². The molecule has 0 spiro atoms. The molecule has 0 saturated heterocycles. The van der Waals surface area contributed by atoms with Crippen LogP contribution in [0.4, 0.5) is 0 Å². The summed E-state index contributed by atoms with van der Waals surface area (Å²) in [5.74, 6) is -0.772. The Morgan fingerprint density at radius 3 is 1.72 bits per heavy atom. The van der Waals surface area contributed by atoms with E-state index in [1.54, 1.807) is 6.92 Å². The summed E-state index contributed by atoms with van der Waals surface area (Å²) in [6.07, 6.45) is 3.13. The van der Waals surface area contributed by atoms with E-state index in [-0.39, 0.29) is 12.4 Å². The highest BCUT2D eigenvalue weighted by Gasteiger charge is 2.20. The minimum Gasteiger partial charge on any atom is -0.463 e. The van der Waals surface area contributed by atoms with Crippen molar-refractivity contribution in [1.29, 1.82) is 0 Å². The van der Waals surface area contributed by atoms with E-state index in [0.29, 0.717) is 16.7 Å². The minimum absolute atomic E-state index is 0.237. The van der Waals surface area contributed by atoms with Crippen LogP contribution in [-0.2, 0) is 14.3 Å². The van der Waals surface area contributed by atoms with Crippen molar-refractivity contribution in [2.45, 2.75) is 6.92 Å². The largest absolute Gasteiger partial charge is 0.463 e. The van der Waals surface area contributed by atoms with E-state index < -0.39 is 5.97 Å². The van der Waals surface area contributed by atoms with Gasteiger partial charge in [-0.25, -0.2) is 4.79 Å². The summed E-state index contributed by atoms with van der Waals surface area (Å²) in [6, 6.07) is 28.3. The molecule has 0 aliphatic heterocycles. The molecule has 29 heavy (non-hydrogen) atoms. The van der Waals surface area contributed by atoms with Crippen LogP contribution in [0.1, 0.15) is 23.6 Å². The van der Waals surface area contributed by atoms with Gasteiger partial charge in [0.1, 0.15) is 0 Å². The molecule has 0 saturated carbocycles. The first-order chi connectivity index (χ1) is 14.2. The van der Waals surface area contributed by atoms with Crippen molar-refractivity contribution in [3.8, 4) is 0 Å². The Kier molecular flexibility index (Phi) is 6.90. The molecule has 0 aromatic heterocycles. The van der Waals surface area contributed by atoms with Gasteiger partial charge < -0.3 is 4.74 Å². The molecule has 0 atom stereocenters. The van der Waals surface area contributed by atoms with Gasteiger partial charge in [0.2, 0.25) is 0 Å².